The maximum absolute atomic E-state index is 12.2. The lowest BCUT2D eigenvalue weighted by atomic mass is 10.1. The van der Waals surface area contributed by atoms with E-state index in [1.54, 1.807) is 17.2 Å². The minimum Gasteiger partial charge on any atom is -0.391 e. The molecule has 1 rings (SSSR count). The van der Waals surface area contributed by atoms with Crippen LogP contribution >= 0.6 is 15.9 Å². The third-order valence-electron chi connectivity index (χ3n) is 2.74. The van der Waals surface area contributed by atoms with Crippen LogP contribution in [0.15, 0.2) is 16.7 Å². The van der Waals surface area contributed by atoms with E-state index in [1.165, 1.54) is 0 Å². The smallest absolute Gasteiger partial charge is 0.255 e. The Balaban J connectivity index is 2.74. The minimum absolute atomic E-state index is 0.231. The van der Waals surface area contributed by atoms with Gasteiger partial charge < -0.3 is 15.3 Å². The zero-order valence-corrected chi connectivity index (χ0v) is 13.9. The summed E-state index contributed by atoms with van der Waals surface area (Å²) in [5.41, 5.74) is 0.487. The fourth-order valence-electron chi connectivity index (χ4n) is 1.89. The first kappa shape index (κ1) is 16.9. The molecule has 0 fully saturated rings. The number of nitrogens with zero attached hydrogens (tertiary/aromatic N) is 2. The number of pyridine rings is 1. The highest BCUT2D eigenvalue weighted by Crippen LogP contribution is 2.20. The van der Waals surface area contributed by atoms with Crippen LogP contribution in [0.4, 0.5) is 5.82 Å². The number of aliphatic hydroxyl groups is 1. The second kappa shape index (κ2) is 7.59. The Hall–Kier alpha value is -1.14. The molecule has 20 heavy (non-hydrogen) atoms. The SMILES string of the molecule is CC(C)CC(O)CNC(=O)c1cc(Br)cnc1N(C)C. The summed E-state index contributed by atoms with van der Waals surface area (Å²) in [5, 5.41) is 12.5. The van der Waals surface area contributed by atoms with Crippen molar-refractivity contribution in [3.05, 3.63) is 22.3 Å². The molecule has 1 amide bonds. The Kier molecular flexibility index (Phi) is 6.42. The molecular formula is C14H22BrN3O2. The van der Waals surface area contributed by atoms with Crippen LogP contribution in [0.5, 0.6) is 0 Å². The fourth-order valence-corrected chi connectivity index (χ4v) is 2.22. The average molecular weight is 344 g/mol. The van der Waals surface area contributed by atoms with E-state index in [-0.39, 0.29) is 12.5 Å². The predicted molar refractivity (Wildman–Crippen MR) is 84.1 cm³/mol. The van der Waals surface area contributed by atoms with Gasteiger partial charge >= 0.3 is 0 Å². The zero-order valence-electron chi connectivity index (χ0n) is 12.4. The Labute approximate surface area is 128 Å². The lowest BCUT2D eigenvalue weighted by Crippen LogP contribution is -2.33. The summed E-state index contributed by atoms with van der Waals surface area (Å²) < 4.78 is 0.746. The fraction of sp³-hybridized carbons (Fsp3) is 0.571. The molecule has 0 radical (unpaired) electrons. The van der Waals surface area contributed by atoms with Crippen molar-refractivity contribution in [1.29, 1.82) is 0 Å². The number of anilines is 1. The van der Waals surface area contributed by atoms with Gasteiger partial charge in [-0.1, -0.05) is 13.8 Å². The molecule has 1 aromatic rings. The summed E-state index contributed by atoms with van der Waals surface area (Å²) in [4.78, 5) is 18.2. The van der Waals surface area contributed by atoms with Crippen LogP contribution in [0.1, 0.15) is 30.6 Å². The highest BCUT2D eigenvalue weighted by Gasteiger charge is 2.16. The molecule has 1 heterocycles. The van der Waals surface area contributed by atoms with Gasteiger partial charge in [-0.2, -0.15) is 0 Å². The number of hydrogen-bond acceptors (Lipinski definition) is 4. The lowest BCUT2D eigenvalue weighted by Gasteiger charge is -2.17. The number of carbonyl (C=O) groups is 1. The van der Waals surface area contributed by atoms with E-state index in [4.69, 9.17) is 0 Å². The van der Waals surface area contributed by atoms with Gasteiger partial charge in [-0.15, -0.1) is 0 Å². The van der Waals surface area contributed by atoms with Gasteiger partial charge in [-0.05, 0) is 34.3 Å². The topological polar surface area (TPSA) is 65.5 Å². The highest BCUT2D eigenvalue weighted by atomic mass is 79.9. The molecule has 0 saturated carbocycles. The predicted octanol–water partition coefficient (Wildman–Crippen LogP) is 2.05. The molecule has 6 heteroatoms. The summed E-state index contributed by atoms with van der Waals surface area (Å²) in [5.74, 6) is 0.765. The molecule has 112 valence electrons. The first-order chi connectivity index (χ1) is 9.31. The summed E-state index contributed by atoms with van der Waals surface area (Å²) >= 11 is 3.32. The third-order valence-corrected chi connectivity index (χ3v) is 3.18. The van der Waals surface area contributed by atoms with Crippen LogP contribution in [0.3, 0.4) is 0 Å². The van der Waals surface area contributed by atoms with Crippen molar-refractivity contribution in [2.24, 2.45) is 5.92 Å². The molecular weight excluding hydrogens is 322 g/mol. The van der Waals surface area contributed by atoms with E-state index < -0.39 is 6.10 Å². The number of amides is 1. The maximum atomic E-state index is 12.2. The molecule has 0 aromatic carbocycles. The monoisotopic (exact) mass is 343 g/mol. The molecule has 0 aliphatic heterocycles. The Morgan fingerprint density at radius 3 is 2.70 bits per heavy atom. The molecule has 1 unspecified atom stereocenters. The number of halogens is 1. The van der Waals surface area contributed by atoms with Crippen molar-refractivity contribution in [3.63, 3.8) is 0 Å². The summed E-state index contributed by atoms with van der Waals surface area (Å²) in [6, 6.07) is 1.73. The number of aromatic nitrogens is 1. The highest BCUT2D eigenvalue weighted by molar-refractivity contribution is 9.10. The van der Waals surface area contributed by atoms with Crippen LogP contribution in [0, 0.1) is 5.92 Å². The van der Waals surface area contributed by atoms with Crippen LogP contribution in [-0.2, 0) is 0 Å². The number of carbonyl (C=O) groups excluding carboxylic acids is 1. The van der Waals surface area contributed by atoms with E-state index in [0.717, 1.165) is 4.47 Å². The largest absolute Gasteiger partial charge is 0.391 e. The van der Waals surface area contributed by atoms with Crippen LogP contribution in [0.25, 0.3) is 0 Å². The van der Waals surface area contributed by atoms with Gasteiger partial charge in [0.2, 0.25) is 0 Å². The molecule has 0 aliphatic rings. The molecule has 0 bridgehead atoms. The zero-order chi connectivity index (χ0) is 15.3. The second-order valence-electron chi connectivity index (χ2n) is 5.41. The van der Waals surface area contributed by atoms with E-state index in [9.17, 15) is 9.90 Å². The number of rotatable bonds is 6. The standard InChI is InChI=1S/C14H22BrN3O2/c1-9(2)5-11(19)8-17-14(20)12-6-10(15)7-16-13(12)18(3)4/h6-7,9,11,19H,5,8H2,1-4H3,(H,17,20). The van der Waals surface area contributed by atoms with Crippen LogP contribution in [-0.4, -0.2) is 42.7 Å². The van der Waals surface area contributed by atoms with Crippen LogP contribution in [0.2, 0.25) is 0 Å². The normalized spacial score (nSPS) is 12.3. The van der Waals surface area contributed by atoms with Crippen molar-refractivity contribution in [1.82, 2.24) is 10.3 Å². The Bertz CT molecular complexity index is 464. The summed E-state index contributed by atoms with van der Waals surface area (Å²) in [6.45, 7) is 4.32. The molecule has 1 atom stereocenters. The first-order valence-corrected chi connectivity index (χ1v) is 7.39. The molecule has 1 aromatic heterocycles. The van der Waals surface area contributed by atoms with Crippen molar-refractivity contribution >= 4 is 27.7 Å². The second-order valence-corrected chi connectivity index (χ2v) is 6.33. The van der Waals surface area contributed by atoms with Crippen molar-refractivity contribution < 1.29 is 9.90 Å². The number of aliphatic hydroxyl groups excluding tert-OH is 1. The molecule has 2 N–H and O–H groups in total. The summed E-state index contributed by atoms with van der Waals surface area (Å²) in [7, 11) is 3.67. The molecule has 0 aliphatic carbocycles. The van der Waals surface area contributed by atoms with Gasteiger partial charge in [-0.3, -0.25) is 4.79 Å². The number of hydrogen-bond donors (Lipinski definition) is 2. The molecule has 0 saturated heterocycles. The molecule has 0 spiro atoms. The Morgan fingerprint density at radius 2 is 2.15 bits per heavy atom. The van der Waals surface area contributed by atoms with Crippen molar-refractivity contribution in [2.45, 2.75) is 26.4 Å². The van der Waals surface area contributed by atoms with Gasteiger partial charge in [0.1, 0.15) is 5.82 Å². The van der Waals surface area contributed by atoms with E-state index in [1.807, 2.05) is 27.9 Å². The van der Waals surface area contributed by atoms with Gasteiger partial charge in [0.15, 0.2) is 0 Å². The Morgan fingerprint density at radius 1 is 1.50 bits per heavy atom. The lowest BCUT2D eigenvalue weighted by molar-refractivity contribution is 0.0900. The average Bonchev–Trinajstić information content (AvgIpc) is 2.34. The van der Waals surface area contributed by atoms with Crippen molar-refractivity contribution in [3.8, 4) is 0 Å². The van der Waals surface area contributed by atoms with Crippen LogP contribution < -0.4 is 10.2 Å². The van der Waals surface area contributed by atoms with Gasteiger partial charge in [0.25, 0.3) is 5.91 Å². The van der Waals surface area contributed by atoms with Crippen molar-refractivity contribution in [2.75, 3.05) is 25.5 Å². The third kappa shape index (κ3) is 5.09. The quantitative estimate of drug-likeness (QED) is 0.829. The maximum Gasteiger partial charge on any atom is 0.255 e. The van der Waals surface area contributed by atoms with Gasteiger partial charge in [0, 0.05) is 31.3 Å². The molecule has 5 nitrogen and oxygen atoms in total. The van der Waals surface area contributed by atoms with E-state index in [2.05, 4.69) is 26.2 Å². The number of nitrogens with one attached hydrogen (secondary N) is 1. The van der Waals surface area contributed by atoms with Gasteiger partial charge in [-0.25, -0.2) is 4.98 Å². The minimum atomic E-state index is -0.526. The van der Waals surface area contributed by atoms with E-state index >= 15 is 0 Å². The van der Waals surface area contributed by atoms with Gasteiger partial charge in [0.05, 0.1) is 11.7 Å². The van der Waals surface area contributed by atoms with E-state index in [0.29, 0.717) is 23.7 Å². The summed E-state index contributed by atoms with van der Waals surface area (Å²) in [6.07, 6.45) is 1.79. The first-order valence-electron chi connectivity index (χ1n) is 6.60.